The molecule has 2 atom stereocenters. The Bertz CT molecular complexity index is 713. The maximum Gasteiger partial charge on any atom is 0.306 e. The first-order valence-corrected chi connectivity index (χ1v) is 8.07. The first-order valence-electron chi connectivity index (χ1n) is 8.07. The second-order valence-corrected chi connectivity index (χ2v) is 6.10. The minimum Gasteiger partial charge on any atom is -0.481 e. The molecule has 0 unspecified atom stereocenters. The van der Waals surface area contributed by atoms with E-state index in [1.54, 1.807) is 0 Å². The monoisotopic (exact) mass is 324 g/mol. The first kappa shape index (κ1) is 16.1. The molecule has 24 heavy (non-hydrogen) atoms. The van der Waals surface area contributed by atoms with Crippen LogP contribution >= 0.6 is 0 Å². The van der Waals surface area contributed by atoms with E-state index in [1.165, 1.54) is 0 Å². The molecule has 1 aliphatic carbocycles. The summed E-state index contributed by atoms with van der Waals surface area (Å²) < 4.78 is 0. The molecular weight excluding hydrogens is 304 g/mol. The lowest BCUT2D eigenvalue weighted by Crippen LogP contribution is -2.21. The van der Waals surface area contributed by atoms with E-state index in [4.69, 9.17) is 5.11 Å². The normalized spacial score (nSPS) is 19.7. The number of carboxylic acids is 1. The van der Waals surface area contributed by atoms with Crippen molar-refractivity contribution in [3.8, 4) is 0 Å². The summed E-state index contributed by atoms with van der Waals surface area (Å²) in [4.78, 5) is 23.2. The van der Waals surface area contributed by atoms with Gasteiger partial charge in [-0.1, -0.05) is 18.2 Å². The number of carbonyl (C=O) groups is 2. The van der Waals surface area contributed by atoms with E-state index >= 15 is 0 Å². The summed E-state index contributed by atoms with van der Waals surface area (Å²) in [6.45, 7) is 0. The van der Waals surface area contributed by atoms with Crippen molar-refractivity contribution >= 4 is 28.9 Å². The van der Waals surface area contributed by atoms with Crippen molar-refractivity contribution in [2.45, 2.75) is 19.3 Å². The van der Waals surface area contributed by atoms with Gasteiger partial charge in [0.25, 0.3) is 0 Å². The fourth-order valence-electron chi connectivity index (χ4n) is 3.01. The maximum absolute atomic E-state index is 12.2. The number of amides is 1. The number of para-hydroxylation sites is 1. The lowest BCUT2D eigenvalue weighted by molar-refractivity contribution is -0.141. The molecule has 5 heteroatoms. The van der Waals surface area contributed by atoms with Crippen LogP contribution in [0.25, 0.3) is 0 Å². The summed E-state index contributed by atoms with van der Waals surface area (Å²) in [6.07, 6.45) is 1.64. The van der Waals surface area contributed by atoms with E-state index in [1.807, 2.05) is 54.6 Å². The highest BCUT2D eigenvalue weighted by molar-refractivity contribution is 5.93. The van der Waals surface area contributed by atoms with Crippen LogP contribution in [0.5, 0.6) is 0 Å². The number of hydrogen-bond acceptors (Lipinski definition) is 3. The second-order valence-electron chi connectivity index (χ2n) is 6.10. The van der Waals surface area contributed by atoms with Gasteiger partial charge in [0, 0.05) is 23.0 Å². The van der Waals surface area contributed by atoms with Crippen LogP contribution in [0.3, 0.4) is 0 Å². The van der Waals surface area contributed by atoms with Crippen molar-refractivity contribution in [2.24, 2.45) is 11.8 Å². The quantitative estimate of drug-likeness (QED) is 0.780. The Hall–Kier alpha value is -2.82. The van der Waals surface area contributed by atoms with Gasteiger partial charge in [-0.15, -0.1) is 0 Å². The molecule has 0 saturated heterocycles. The van der Waals surface area contributed by atoms with Crippen molar-refractivity contribution in [2.75, 3.05) is 10.6 Å². The number of rotatable bonds is 5. The van der Waals surface area contributed by atoms with Crippen LogP contribution in [-0.4, -0.2) is 17.0 Å². The van der Waals surface area contributed by atoms with Crippen LogP contribution in [0.1, 0.15) is 19.3 Å². The predicted molar refractivity (Wildman–Crippen MR) is 93.3 cm³/mol. The number of hydrogen-bond donors (Lipinski definition) is 3. The van der Waals surface area contributed by atoms with Gasteiger partial charge in [-0.05, 0) is 55.7 Å². The molecule has 0 bridgehead atoms. The molecule has 3 rings (SSSR count). The van der Waals surface area contributed by atoms with Crippen LogP contribution in [-0.2, 0) is 9.59 Å². The topological polar surface area (TPSA) is 78.4 Å². The fraction of sp³-hybridized carbons (Fsp3) is 0.263. The van der Waals surface area contributed by atoms with E-state index in [-0.39, 0.29) is 11.8 Å². The van der Waals surface area contributed by atoms with Gasteiger partial charge in [-0.3, -0.25) is 9.59 Å². The Morgan fingerprint density at radius 3 is 2.04 bits per heavy atom. The Kier molecular flexibility index (Phi) is 4.79. The highest BCUT2D eigenvalue weighted by atomic mass is 16.4. The van der Waals surface area contributed by atoms with Crippen LogP contribution in [0.15, 0.2) is 54.6 Å². The third-order valence-electron chi connectivity index (χ3n) is 4.37. The first-order chi connectivity index (χ1) is 11.6. The molecule has 0 spiro atoms. The zero-order valence-corrected chi connectivity index (χ0v) is 13.2. The molecule has 1 saturated carbocycles. The van der Waals surface area contributed by atoms with E-state index in [0.29, 0.717) is 19.3 Å². The van der Waals surface area contributed by atoms with Gasteiger partial charge in [0.2, 0.25) is 5.91 Å². The Balaban J connectivity index is 1.56. The van der Waals surface area contributed by atoms with E-state index in [2.05, 4.69) is 10.6 Å². The van der Waals surface area contributed by atoms with Gasteiger partial charge in [-0.25, -0.2) is 0 Å². The van der Waals surface area contributed by atoms with Crippen LogP contribution in [0.2, 0.25) is 0 Å². The van der Waals surface area contributed by atoms with Crippen LogP contribution < -0.4 is 10.6 Å². The Morgan fingerprint density at radius 2 is 1.42 bits per heavy atom. The summed E-state index contributed by atoms with van der Waals surface area (Å²) in [6, 6.07) is 17.3. The van der Waals surface area contributed by atoms with Crippen molar-refractivity contribution in [3.63, 3.8) is 0 Å². The number of nitrogens with one attached hydrogen (secondary N) is 2. The molecule has 124 valence electrons. The number of aliphatic carboxylic acids is 1. The van der Waals surface area contributed by atoms with Crippen molar-refractivity contribution < 1.29 is 14.7 Å². The molecule has 1 amide bonds. The number of carbonyl (C=O) groups excluding carboxylic acids is 1. The zero-order chi connectivity index (χ0) is 16.9. The van der Waals surface area contributed by atoms with E-state index < -0.39 is 11.9 Å². The second kappa shape index (κ2) is 7.17. The van der Waals surface area contributed by atoms with Gasteiger partial charge >= 0.3 is 5.97 Å². The predicted octanol–water partition coefficient (Wildman–Crippen LogP) is 3.87. The summed E-state index contributed by atoms with van der Waals surface area (Å²) in [5.74, 6) is -1.50. The lowest BCUT2D eigenvalue weighted by atomic mass is 10.0. The van der Waals surface area contributed by atoms with Gasteiger partial charge in [-0.2, -0.15) is 0 Å². The van der Waals surface area contributed by atoms with E-state index in [0.717, 1.165) is 17.1 Å². The highest BCUT2D eigenvalue weighted by Gasteiger charge is 2.33. The molecule has 3 N–H and O–H groups in total. The molecule has 1 fully saturated rings. The third-order valence-corrected chi connectivity index (χ3v) is 4.37. The van der Waals surface area contributed by atoms with E-state index in [9.17, 15) is 9.59 Å². The number of benzene rings is 2. The van der Waals surface area contributed by atoms with Crippen LogP contribution in [0.4, 0.5) is 17.1 Å². The van der Waals surface area contributed by atoms with Gasteiger partial charge in [0.1, 0.15) is 0 Å². The van der Waals surface area contributed by atoms with Gasteiger partial charge < -0.3 is 15.7 Å². The summed E-state index contributed by atoms with van der Waals surface area (Å²) in [5, 5.41) is 15.2. The molecule has 0 aromatic heterocycles. The number of anilines is 3. The average Bonchev–Trinajstić information content (AvgIpc) is 3.08. The van der Waals surface area contributed by atoms with Crippen molar-refractivity contribution in [1.82, 2.24) is 0 Å². The molecular formula is C19H20N2O3. The Labute approximate surface area is 140 Å². The summed E-state index contributed by atoms with van der Waals surface area (Å²) in [5.41, 5.74) is 2.66. The minimum absolute atomic E-state index is 0.0949. The minimum atomic E-state index is -0.804. The Morgan fingerprint density at radius 1 is 0.833 bits per heavy atom. The van der Waals surface area contributed by atoms with Crippen LogP contribution in [0, 0.1) is 11.8 Å². The molecule has 2 aromatic rings. The zero-order valence-electron chi connectivity index (χ0n) is 13.2. The highest BCUT2D eigenvalue weighted by Crippen LogP contribution is 2.32. The molecule has 2 aromatic carbocycles. The SMILES string of the molecule is O=C(O)[C@@H]1CC[C@H](C(=O)Nc2ccc(Nc3ccccc3)cc2)C1. The molecule has 0 heterocycles. The molecule has 1 aliphatic rings. The van der Waals surface area contributed by atoms with Gasteiger partial charge in [0.15, 0.2) is 0 Å². The summed E-state index contributed by atoms with van der Waals surface area (Å²) in [7, 11) is 0. The standard InChI is InChI=1S/C19H20N2O3/c22-18(13-6-7-14(12-13)19(23)24)21-17-10-8-16(9-11-17)20-15-4-2-1-3-5-15/h1-5,8-11,13-14,20H,6-7,12H2,(H,21,22)(H,23,24)/t13-,14+/m0/s1. The van der Waals surface area contributed by atoms with Gasteiger partial charge in [0.05, 0.1) is 5.92 Å². The summed E-state index contributed by atoms with van der Waals surface area (Å²) >= 11 is 0. The van der Waals surface area contributed by atoms with Crippen molar-refractivity contribution in [3.05, 3.63) is 54.6 Å². The average molecular weight is 324 g/mol. The molecule has 0 radical (unpaired) electrons. The number of carboxylic acid groups (broad SMARTS) is 1. The maximum atomic E-state index is 12.2. The fourth-order valence-corrected chi connectivity index (χ4v) is 3.01. The third kappa shape index (κ3) is 3.93. The molecule has 5 nitrogen and oxygen atoms in total. The largest absolute Gasteiger partial charge is 0.481 e. The lowest BCUT2D eigenvalue weighted by Gasteiger charge is -2.12. The van der Waals surface area contributed by atoms with Crippen molar-refractivity contribution in [1.29, 1.82) is 0 Å². The smallest absolute Gasteiger partial charge is 0.306 e. The molecule has 0 aliphatic heterocycles.